The molecule has 0 unspecified atom stereocenters. The second-order valence-electron chi connectivity index (χ2n) is 4.82. The third-order valence-corrected chi connectivity index (χ3v) is 3.34. The number of halogens is 1. The highest BCUT2D eigenvalue weighted by molar-refractivity contribution is 5.69. The molecule has 3 aromatic rings. The van der Waals surface area contributed by atoms with Gasteiger partial charge in [0.1, 0.15) is 12.4 Å². The first-order valence-electron chi connectivity index (χ1n) is 6.86. The number of aliphatic hydroxyl groups excluding tert-OH is 1. The fraction of sp³-hybridized carbons (Fsp3) is 0.200. The van der Waals surface area contributed by atoms with Crippen molar-refractivity contribution in [1.82, 2.24) is 25.2 Å². The van der Waals surface area contributed by atoms with E-state index < -0.39 is 0 Å². The molecule has 2 aromatic heterocycles. The van der Waals surface area contributed by atoms with Crippen LogP contribution in [0.15, 0.2) is 36.5 Å². The predicted octanol–water partition coefficient (Wildman–Crippen LogP) is 1.42. The Morgan fingerprint density at radius 3 is 2.74 bits per heavy atom. The molecule has 0 radical (unpaired) electrons. The Morgan fingerprint density at radius 1 is 1.26 bits per heavy atom. The summed E-state index contributed by atoms with van der Waals surface area (Å²) in [7, 11) is 1.53. The van der Waals surface area contributed by atoms with Gasteiger partial charge in [0, 0.05) is 11.8 Å². The van der Waals surface area contributed by atoms with Gasteiger partial charge < -0.3 is 9.84 Å². The van der Waals surface area contributed by atoms with E-state index >= 15 is 0 Å². The number of rotatable bonds is 5. The van der Waals surface area contributed by atoms with Crippen LogP contribution in [-0.4, -0.2) is 37.4 Å². The zero-order valence-electron chi connectivity index (χ0n) is 12.3. The highest BCUT2D eigenvalue weighted by Gasteiger charge is 2.11. The molecule has 0 fully saturated rings. The van der Waals surface area contributed by atoms with Crippen molar-refractivity contribution in [2.75, 3.05) is 7.11 Å². The lowest BCUT2D eigenvalue weighted by Crippen LogP contribution is -2.08. The lowest BCUT2D eigenvalue weighted by Gasteiger charge is -2.10. The fourth-order valence-corrected chi connectivity index (χ4v) is 2.21. The van der Waals surface area contributed by atoms with Crippen LogP contribution >= 0.6 is 0 Å². The van der Waals surface area contributed by atoms with Gasteiger partial charge in [0.05, 0.1) is 13.7 Å². The Kier molecular flexibility index (Phi) is 4.24. The maximum absolute atomic E-state index is 13.1. The molecular weight excluding hydrogens is 301 g/mol. The van der Waals surface area contributed by atoms with Gasteiger partial charge in [-0.3, -0.25) is 0 Å². The summed E-state index contributed by atoms with van der Waals surface area (Å²) in [5.74, 6) is 0.502. The number of ether oxygens (including phenoxy) is 1. The molecule has 0 atom stereocenters. The SMILES string of the molecule is COc1ncc(Cn2nnnc2CO)cc1-c1ccc(F)cc1. The minimum absolute atomic E-state index is 0.249. The first-order chi connectivity index (χ1) is 11.2. The molecule has 0 aliphatic rings. The van der Waals surface area contributed by atoms with Crippen molar-refractivity contribution in [2.45, 2.75) is 13.2 Å². The number of pyridine rings is 1. The lowest BCUT2D eigenvalue weighted by molar-refractivity contribution is 0.263. The third-order valence-electron chi connectivity index (χ3n) is 3.34. The van der Waals surface area contributed by atoms with E-state index in [2.05, 4.69) is 20.5 Å². The van der Waals surface area contributed by atoms with Crippen LogP contribution in [0.5, 0.6) is 5.88 Å². The van der Waals surface area contributed by atoms with E-state index in [1.54, 1.807) is 18.3 Å². The number of nitrogens with zero attached hydrogens (tertiary/aromatic N) is 5. The van der Waals surface area contributed by atoms with Gasteiger partial charge in [-0.2, -0.15) is 0 Å². The van der Waals surface area contributed by atoms with Crippen molar-refractivity contribution in [2.24, 2.45) is 0 Å². The van der Waals surface area contributed by atoms with Crippen LogP contribution in [0.4, 0.5) is 4.39 Å². The van der Waals surface area contributed by atoms with Gasteiger partial charge in [0.2, 0.25) is 5.88 Å². The van der Waals surface area contributed by atoms with E-state index in [4.69, 9.17) is 4.74 Å². The van der Waals surface area contributed by atoms with Gasteiger partial charge in [-0.15, -0.1) is 5.10 Å². The molecule has 0 spiro atoms. The summed E-state index contributed by atoms with van der Waals surface area (Å²) in [4.78, 5) is 4.27. The average Bonchev–Trinajstić information content (AvgIpc) is 3.02. The van der Waals surface area contributed by atoms with Crippen LogP contribution in [0.1, 0.15) is 11.4 Å². The molecule has 3 rings (SSSR count). The zero-order chi connectivity index (χ0) is 16.2. The monoisotopic (exact) mass is 315 g/mol. The summed E-state index contributed by atoms with van der Waals surface area (Å²) >= 11 is 0. The number of hydrogen-bond donors (Lipinski definition) is 1. The topological polar surface area (TPSA) is 86.0 Å². The Hall–Kier alpha value is -2.87. The maximum atomic E-state index is 13.1. The zero-order valence-corrected chi connectivity index (χ0v) is 12.3. The molecule has 0 saturated heterocycles. The highest BCUT2D eigenvalue weighted by atomic mass is 19.1. The Balaban J connectivity index is 1.97. The van der Waals surface area contributed by atoms with E-state index in [-0.39, 0.29) is 12.4 Å². The van der Waals surface area contributed by atoms with E-state index in [0.29, 0.717) is 18.2 Å². The molecule has 118 valence electrons. The second kappa shape index (κ2) is 6.49. The Bertz CT molecular complexity index is 804. The smallest absolute Gasteiger partial charge is 0.221 e. The van der Waals surface area contributed by atoms with E-state index in [1.807, 2.05) is 6.07 Å². The van der Waals surface area contributed by atoms with Crippen molar-refractivity contribution in [3.8, 4) is 17.0 Å². The Labute approximate surface area is 131 Å². The van der Waals surface area contributed by atoms with Crippen molar-refractivity contribution in [1.29, 1.82) is 0 Å². The molecule has 1 aromatic carbocycles. The molecular formula is C15H14FN5O2. The summed E-state index contributed by atoms with van der Waals surface area (Å²) < 4.78 is 19.9. The van der Waals surface area contributed by atoms with Gasteiger partial charge in [0.15, 0.2) is 5.82 Å². The molecule has 23 heavy (non-hydrogen) atoms. The number of benzene rings is 1. The normalized spacial score (nSPS) is 10.7. The summed E-state index contributed by atoms with van der Waals surface area (Å²) in [5, 5.41) is 20.3. The number of hydrogen-bond acceptors (Lipinski definition) is 6. The number of tetrazole rings is 1. The molecule has 0 aliphatic heterocycles. The number of aliphatic hydroxyl groups is 1. The first kappa shape index (κ1) is 15.0. The highest BCUT2D eigenvalue weighted by Crippen LogP contribution is 2.29. The fourth-order valence-electron chi connectivity index (χ4n) is 2.21. The van der Waals surface area contributed by atoms with Crippen LogP contribution < -0.4 is 4.74 Å². The van der Waals surface area contributed by atoms with Gasteiger partial charge >= 0.3 is 0 Å². The summed E-state index contributed by atoms with van der Waals surface area (Å²) in [6.45, 7) is 0.107. The van der Waals surface area contributed by atoms with Gasteiger partial charge in [-0.1, -0.05) is 12.1 Å². The largest absolute Gasteiger partial charge is 0.481 e. The van der Waals surface area contributed by atoms with Crippen LogP contribution in [0.3, 0.4) is 0 Å². The van der Waals surface area contributed by atoms with Gasteiger partial charge in [-0.05, 0) is 39.8 Å². The molecule has 0 bridgehead atoms. The molecule has 8 heteroatoms. The van der Waals surface area contributed by atoms with Crippen LogP contribution in [0.2, 0.25) is 0 Å². The molecule has 0 saturated carbocycles. The molecule has 2 heterocycles. The van der Waals surface area contributed by atoms with Crippen molar-refractivity contribution < 1.29 is 14.2 Å². The number of aromatic nitrogens is 5. The van der Waals surface area contributed by atoms with E-state index in [1.165, 1.54) is 23.9 Å². The summed E-state index contributed by atoms with van der Waals surface area (Å²) in [6.07, 6.45) is 1.65. The van der Waals surface area contributed by atoms with E-state index in [9.17, 15) is 9.50 Å². The second-order valence-corrected chi connectivity index (χ2v) is 4.82. The average molecular weight is 315 g/mol. The lowest BCUT2D eigenvalue weighted by atomic mass is 10.1. The van der Waals surface area contributed by atoms with Crippen LogP contribution in [0.25, 0.3) is 11.1 Å². The van der Waals surface area contributed by atoms with Crippen LogP contribution in [-0.2, 0) is 13.2 Å². The van der Waals surface area contributed by atoms with Crippen molar-refractivity contribution in [3.05, 3.63) is 53.7 Å². The minimum atomic E-state index is -0.307. The quantitative estimate of drug-likeness (QED) is 0.766. The maximum Gasteiger partial charge on any atom is 0.221 e. The standard InChI is InChI=1S/C15H14FN5O2/c1-23-15-13(11-2-4-12(16)5-3-11)6-10(7-17-15)8-21-14(9-22)18-19-20-21/h2-7,22H,8-9H2,1H3. The molecule has 0 amide bonds. The Morgan fingerprint density at radius 2 is 2.04 bits per heavy atom. The minimum Gasteiger partial charge on any atom is -0.481 e. The van der Waals surface area contributed by atoms with Crippen molar-refractivity contribution >= 4 is 0 Å². The van der Waals surface area contributed by atoms with E-state index in [0.717, 1.165) is 16.7 Å². The number of methoxy groups -OCH3 is 1. The van der Waals surface area contributed by atoms with Crippen LogP contribution in [0, 0.1) is 5.82 Å². The summed E-state index contributed by atoms with van der Waals surface area (Å²) in [5.41, 5.74) is 2.35. The van der Waals surface area contributed by atoms with Gasteiger partial charge in [0.25, 0.3) is 0 Å². The summed E-state index contributed by atoms with van der Waals surface area (Å²) in [6, 6.07) is 7.96. The van der Waals surface area contributed by atoms with Crippen molar-refractivity contribution in [3.63, 3.8) is 0 Å². The predicted molar refractivity (Wildman–Crippen MR) is 79.0 cm³/mol. The molecule has 0 aliphatic carbocycles. The molecule has 7 nitrogen and oxygen atoms in total. The molecule has 1 N–H and O–H groups in total. The first-order valence-corrected chi connectivity index (χ1v) is 6.86. The van der Waals surface area contributed by atoms with Gasteiger partial charge in [-0.25, -0.2) is 14.1 Å². The third kappa shape index (κ3) is 3.16.